The molecule has 23 heavy (non-hydrogen) atoms. The predicted molar refractivity (Wildman–Crippen MR) is 96.5 cm³/mol. The molecule has 0 atom stereocenters. The van der Waals surface area contributed by atoms with Crippen molar-refractivity contribution in [1.82, 2.24) is 4.98 Å². The maximum Gasteiger partial charge on any atom is 0.305 e. The Labute approximate surface area is 136 Å². The Kier molecular flexibility index (Phi) is 3.16. The third-order valence-electron chi connectivity index (χ3n) is 3.76. The number of amides is 1. The Hall–Kier alpha value is -2.67. The van der Waals surface area contributed by atoms with Crippen LogP contribution in [0.25, 0.3) is 10.2 Å². The van der Waals surface area contributed by atoms with Crippen LogP contribution in [-0.2, 0) is 4.79 Å². The van der Waals surface area contributed by atoms with Crippen LogP contribution in [0.4, 0.5) is 11.4 Å². The van der Waals surface area contributed by atoms with E-state index in [0.717, 1.165) is 44.0 Å². The fraction of sp³-hybridized carbons (Fsp3) is 0.0625. The van der Waals surface area contributed by atoms with E-state index in [2.05, 4.69) is 15.3 Å². The molecule has 0 aliphatic carbocycles. The third-order valence-corrected chi connectivity index (χ3v) is 4.61. The molecule has 0 spiro atoms. The number of aliphatic imine (C=N–C) groups is 1. The van der Waals surface area contributed by atoms with Gasteiger partial charge in [0.25, 0.3) is 0 Å². The van der Waals surface area contributed by atoms with Gasteiger partial charge in [-0.2, -0.15) is 0 Å². The second kappa shape index (κ2) is 5.21. The minimum absolute atomic E-state index is 0.0847. The predicted octanol–water partition coefficient (Wildman–Crippen LogP) is 1.31. The second-order valence-corrected chi connectivity index (χ2v) is 6.54. The van der Waals surface area contributed by atoms with Gasteiger partial charge < -0.3 is 10.3 Å². The summed E-state index contributed by atoms with van der Waals surface area (Å²) in [6, 6.07) is 11.4. The van der Waals surface area contributed by atoms with Gasteiger partial charge in [-0.3, -0.25) is 14.6 Å². The number of nitrogens with zero attached hydrogens (tertiary/aromatic N) is 1. The summed E-state index contributed by atoms with van der Waals surface area (Å²) in [5, 5.41) is 2.90. The Morgan fingerprint density at radius 2 is 2.00 bits per heavy atom. The number of thiazole rings is 1. The number of hydrogen-bond donors (Lipinski definition) is 2. The molecule has 112 valence electrons. The van der Waals surface area contributed by atoms with E-state index in [4.69, 9.17) is 0 Å². The van der Waals surface area contributed by atoms with E-state index in [-0.39, 0.29) is 17.2 Å². The van der Waals surface area contributed by atoms with E-state index in [1.165, 1.54) is 0 Å². The Morgan fingerprint density at radius 1 is 1.13 bits per heavy atom. The van der Waals surface area contributed by atoms with Gasteiger partial charge in [-0.05, 0) is 29.8 Å². The lowest BCUT2D eigenvalue weighted by molar-refractivity contribution is -0.115. The molecule has 1 aliphatic rings. The molecule has 4 rings (SSSR count). The Bertz CT molecular complexity index is 1040. The molecule has 0 unspecified atom stereocenters. The summed E-state index contributed by atoms with van der Waals surface area (Å²) in [5.74, 6) is -0.0875. The van der Waals surface area contributed by atoms with Crippen LogP contribution in [0, 0.1) is 0 Å². The number of fused-ring (bicyclic) bond motifs is 2. The van der Waals surface area contributed by atoms with Crippen molar-refractivity contribution in [2.45, 2.75) is 6.42 Å². The van der Waals surface area contributed by atoms with Crippen LogP contribution >= 0.6 is 11.3 Å². The summed E-state index contributed by atoms with van der Waals surface area (Å²) in [7, 11) is 1.98. The first-order valence-corrected chi connectivity index (χ1v) is 8.01. The molecule has 3 aromatic rings. The summed E-state index contributed by atoms with van der Waals surface area (Å²) in [6.07, 6.45) is 0.207. The van der Waals surface area contributed by atoms with E-state index in [9.17, 15) is 9.59 Å². The summed E-state index contributed by atoms with van der Waals surface area (Å²) in [5.41, 5.74) is 4.92. The molecule has 2 aromatic carbocycles. The smallest absolute Gasteiger partial charge is 0.305 e. The van der Waals surface area contributed by atoms with Gasteiger partial charge in [-0.1, -0.05) is 28.9 Å². The highest BCUT2D eigenvalue weighted by Gasteiger charge is 2.17. The van der Waals surface area contributed by atoms with Crippen LogP contribution in [0.1, 0.15) is 12.0 Å². The monoisotopic (exact) mass is 321 g/mol. The van der Waals surface area contributed by atoms with Crippen molar-refractivity contribution < 1.29 is 4.79 Å². The van der Waals surface area contributed by atoms with Crippen molar-refractivity contribution in [3.63, 3.8) is 0 Å². The first kappa shape index (κ1) is 14.0. The molecule has 5 nitrogen and oxygen atoms in total. The van der Waals surface area contributed by atoms with Gasteiger partial charge in [0.05, 0.1) is 33.7 Å². The zero-order chi connectivity index (χ0) is 16.0. The van der Waals surface area contributed by atoms with Crippen LogP contribution < -0.4 is 15.7 Å². The largest absolute Gasteiger partial charge is 0.324 e. The Morgan fingerprint density at radius 3 is 2.87 bits per heavy atom. The number of carbonyl (C=O) groups is 1. The number of nitrogens with one attached hydrogen (secondary N) is 2. The maximum absolute atomic E-state index is 12.2. The van der Waals surface area contributed by atoms with Gasteiger partial charge in [0.1, 0.15) is 7.85 Å². The highest BCUT2D eigenvalue weighted by molar-refractivity contribution is 7.16. The summed E-state index contributed by atoms with van der Waals surface area (Å²) in [4.78, 5) is 31.0. The molecule has 0 saturated heterocycles. The topological polar surface area (TPSA) is 74.3 Å². The first-order chi connectivity index (χ1) is 11.1. The number of rotatable bonds is 1. The molecular formula is C16H12BN3O2S. The van der Waals surface area contributed by atoms with E-state index >= 15 is 0 Å². The molecule has 2 N–H and O–H groups in total. The number of H-pyrrole nitrogens is 1. The lowest BCUT2D eigenvalue weighted by Gasteiger charge is -2.04. The summed E-state index contributed by atoms with van der Waals surface area (Å²) in [6.45, 7) is 0. The highest BCUT2D eigenvalue weighted by atomic mass is 32.1. The van der Waals surface area contributed by atoms with E-state index in [1.54, 1.807) is 0 Å². The van der Waals surface area contributed by atoms with Crippen molar-refractivity contribution in [3.05, 3.63) is 51.6 Å². The standard InChI is InChI=1S/C16H12BN3O2S/c17-9-2-4-10-13(6-9)19-15(21)7-12(18-10)8-1-3-11-14(5-8)23-16(22)20-11/h1-6H,7,17H2,(H,19,21)(H,20,22). The van der Waals surface area contributed by atoms with Crippen molar-refractivity contribution in [2.24, 2.45) is 4.99 Å². The molecule has 0 bridgehead atoms. The van der Waals surface area contributed by atoms with Crippen LogP contribution in [0.15, 0.2) is 46.2 Å². The number of hydrogen-bond acceptors (Lipinski definition) is 4. The minimum Gasteiger partial charge on any atom is -0.324 e. The van der Waals surface area contributed by atoms with Crippen molar-refractivity contribution in [1.29, 1.82) is 0 Å². The van der Waals surface area contributed by atoms with Gasteiger partial charge >= 0.3 is 4.87 Å². The molecule has 1 aromatic heterocycles. The Balaban J connectivity index is 1.86. The number of anilines is 1. The molecule has 1 amide bonds. The zero-order valence-corrected chi connectivity index (χ0v) is 13.2. The summed E-state index contributed by atoms with van der Waals surface area (Å²) >= 11 is 1.16. The molecule has 0 radical (unpaired) electrons. The molecule has 0 fully saturated rings. The van der Waals surface area contributed by atoms with E-state index in [1.807, 2.05) is 44.2 Å². The lowest BCUT2D eigenvalue weighted by atomic mass is 9.95. The molecule has 0 saturated carbocycles. The average molecular weight is 321 g/mol. The molecule has 7 heteroatoms. The fourth-order valence-corrected chi connectivity index (χ4v) is 3.45. The van der Waals surface area contributed by atoms with Crippen LogP contribution in [0.5, 0.6) is 0 Å². The lowest BCUT2D eigenvalue weighted by Crippen LogP contribution is -2.15. The quantitative estimate of drug-likeness (QED) is 0.663. The van der Waals surface area contributed by atoms with Crippen LogP contribution in [-0.4, -0.2) is 24.4 Å². The highest BCUT2D eigenvalue weighted by Crippen LogP contribution is 2.28. The van der Waals surface area contributed by atoms with Crippen LogP contribution in [0.2, 0.25) is 0 Å². The molecule has 1 aliphatic heterocycles. The number of aromatic amines is 1. The molecule has 2 heterocycles. The van der Waals surface area contributed by atoms with E-state index < -0.39 is 0 Å². The van der Waals surface area contributed by atoms with Crippen molar-refractivity contribution in [3.8, 4) is 0 Å². The third kappa shape index (κ3) is 2.59. The van der Waals surface area contributed by atoms with Crippen molar-refractivity contribution >= 4 is 57.9 Å². The van der Waals surface area contributed by atoms with Gasteiger partial charge in [0.15, 0.2) is 0 Å². The van der Waals surface area contributed by atoms with Crippen LogP contribution in [0.3, 0.4) is 0 Å². The SMILES string of the molecule is Bc1ccc2c(c1)NC(=O)CC(c1ccc3[nH]c(=O)sc3c1)=N2. The number of aromatic nitrogens is 1. The first-order valence-electron chi connectivity index (χ1n) is 7.20. The average Bonchev–Trinajstić information content (AvgIpc) is 2.79. The van der Waals surface area contributed by atoms with Gasteiger partial charge in [0, 0.05) is 0 Å². The number of benzene rings is 2. The fourth-order valence-electron chi connectivity index (χ4n) is 2.67. The van der Waals surface area contributed by atoms with Gasteiger partial charge in [-0.25, -0.2) is 0 Å². The van der Waals surface area contributed by atoms with Gasteiger partial charge in [-0.15, -0.1) is 0 Å². The summed E-state index contributed by atoms with van der Waals surface area (Å²) < 4.78 is 0.865. The van der Waals surface area contributed by atoms with Gasteiger partial charge in [0.2, 0.25) is 5.91 Å². The van der Waals surface area contributed by atoms with E-state index in [0.29, 0.717) is 5.71 Å². The number of carbonyl (C=O) groups excluding carboxylic acids is 1. The zero-order valence-electron chi connectivity index (χ0n) is 12.3. The molecular weight excluding hydrogens is 309 g/mol. The van der Waals surface area contributed by atoms with Crippen molar-refractivity contribution in [2.75, 3.05) is 5.32 Å². The minimum atomic E-state index is -0.0875. The second-order valence-electron chi connectivity index (χ2n) is 5.53. The normalized spacial score (nSPS) is 14.1. The maximum atomic E-state index is 12.2.